The van der Waals surface area contributed by atoms with E-state index in [1.54, 1.807) is 0 Å². The highest BCUT2D eigenvalue weighted by molar-refractivity contribution is 5.52. The second kappa shape index (κ2) is 7.21. The minimum absolute atomic E-state index is 0.0327. The van der Waals surface area contributed by atoms with Gasteiger partial charge in [-0.15, -0.1) is 0 Å². The molecule has 1 saturated heterocycles. The number of rotatable bonds is 6. The van der Waals surface area contributed by atoms with Crippen molar-refractivity contribution in [1.82, 2.24) is 9.88 Å². The smallest absolute Gasteiger partial charge is 0.276 e. The summed E-state index contributed by atoms with van der Waals surface area (Å²) in [5, 5.41) is 13.9. The summed E-state index contributed by atoms with van der Waals surface area (Å²) < 4.78 is 0. The number of nitro groups is 1. The van der Waals surface area contributed by atoms with Crippen molar-refractivity contribution in [2.75, 3.05) is 30.7 Å². The Balaban J connectivity index is 1.79. The lowest BCUT2D eigenvalue weighted by Crippen LogP contribution is -2.38. The number of nitrogen functional groups attached to an aromatic ring is 1. The minimum atomic E-state index is -0.460. The quantitative estimate of drug-likeness (QED) is 0.474. The fraction of sp³-hybridized carbons (Fsp3) is 0.643. The predicted molar refractivity (Wildman–Crippen MR) is 83.3 cm³/mol. The van der Waals surface area contributed by atoms with Crippen molar-refractivity contribution in [1.29, 1.82) is 0 Å². The maximum absolute atomic E-state index is 10.8. The molecule has 1 unspecified atom stereocenters. The highest BCUT2D eigenvalue weighted by Crippen LogP contribution is 2.19. The molecule has 0 amide bonds. The SMILES string of the molecule is CC1CCCCN1CCCNc1cc([N+](=O)[O-])cc(N)n1. The number of piperidine rings is 1. The first-order valence-corrected chi connectivity index (χ1v) is 7.46. The van der Waals surface area contributed by atoms with E-state index in [0.717, 1.165) is 19.5 Å². The van der Waals surface area contributed by atoms with Crippen LogP contribution in [-0.4, -0.2) is 40.5 Å². The number of anilines is 2. The summed E-state index contributed by atoms with van der Waals surface area (Å²) >= 11 is 0. The molecule has 0 radical (unpaired) electrons. The van der Waals surface area contributed by atoms with Gasteiger partial charge in [-0.25, -0.2) is 4.98 Å². The number of hydrogen-bond acceptors (Lipinski definition) is 6. The zero-order valence-electron chi connectivity index (χ0n) is 12.4. The van der Waals surface area contributed by atoms with Gasteiger partial charge in [-0.2, -0.15) is 0 Å². The molecule has 0 aromatic carbocycles. The van der Waals surface area contributed by atoms with Crippen LogP contribution in [0.3, 0.4) is 0 Å². The number of likely N-dealkylation sites (tertiary alicyclic amines) is 1. The van der Waals surface area contributed by atoms with Gasteiger partial charge >= 0.3 is 0 Å². The average Bonchev–Trinajstić information content (AvgIpc) is 2.44. The first-order valence-electron chi connectivity index (χ1n) is 7.46. The van der Waals surface area contributed by atoms with Gasteiger partial charge in [0, 0.05) is 19.1 Å². The minimum Gasteiger partial charge on any atom is -0.383 e. The summed E-state index contributed by atoms with van der Waals surface area (Å²) in [4.78, 5) is 16.9. The maximum atomic E-state index is 10.8. The van der Waals surface area contributed by atoms with E-state index in [-0.39, 0.29) is 11.5 Å². The van der Waals surface area contributed by atoms with Gasteiger partial charge in [-0.3, -0.25) is 10.1 Å². The van der Waals surface area contributed by atoms with Crippen LogP contribution in [0.1, 0.15) is 32.6 Å². The summed E-state index contributed by atoms with van der Waals surface area (Å²) in [5.74, 6) is 0.629. The molecule has 7 heteroatoms. The van der Waals surface area contributed by atoms with Crippen LogP contribution in [0, 0.1) is 10.1 Å². The third kappa shape index (κ3) is 4.56. The Hall–Kier alpha value is -1.89. The van der Waals surface area contributed by atoms with Gasteiger partial charge in [-0.1, -0.05) is 6.42 Å². The number of nitrogens with zero attached hydrogens (tertiary/aromatic N) is 3. The van der Waals surface area contributed by atoms with E-state index < -0.39 is 4.92 Å². The average molecular weight is 293 g/mol. The Labute approximate surface area is 124 Å². The molecule has 2 heterocycles. The second-order valence-corrected chi connectivity index (χ2v) is 5.55. The molecule has 3 N–H and O–H groups in total. The van der Waals surface area contributed by atoms with Crippen LogP contribution in [0.15, 0.2) is 12.1 Å². The van der Waals surface area contributed by atoms with Gasteiger partial charge in [0.2, 0.25) is 0 Å². The van der Waals surface area contributed by atoms with E-state index in [4.69, 9.17) is 5.73 Å². The van der Waals surface area contributed by atoms with Crippen LogP contribution >= 0.6 is 0 Å². The summed E-state index contributed by atoms with van der Waals surface area (Å²) in [6.07, 6.45) is 4.86. The number of nitrogens with two attached hydrogens (primary N) is 1. The van der Waals surface area contributed by atoms with Crippen LogP contribution < -0.4 is 11.1 Å². The Morgan fingerprint density at radius 1 is 1.52 bits per heavy atom. The monoisotopic (exact) mass is 293 g/mol. The fourth-order valence-corrected chi connectivity index (χ4v) is 2.72. The molecular formula is C14H23N5O2. The predicted octanol–water partition coefficient (Wildman–Crippen LogP) is 2.25. The molecule has 116 valence electrons. The van der Waals surface area contributed by atoms with Gasteiger partial charge in [0.05, 0.1) is 17.1 Å². The van der Waals surface area contributed by atoms with Crippen molar-refractivity contribution in [3.8, 4) is 0 Å². The first kappa shape index (κ1) is 15.5. The number of nitrogens with one attached hydrogen (secondary N) is 1. The molecule has 0 spiro atoms. The molecule has 1 aromatic heterocycles. The molecule has 7 nitrogen and oxygen atoms in total. The van der Waals surface area contributed by atoms with Crippen LogP contribution in [0.5, 0.6) is 0 Å². The zero-order valence-corrected chi connectivity index (χ0v) is 12.4. The lowest BCUT2D eigenvalue weighted by molar-refractivity contribution is -0.384. The lowest BCUT2D eigenvalue weighted by atomic mass is 10.0. The van der Waals surface area contributed by atoms with Crippen molar-refractivity contribution in [2.24, 2.45) is 0 Å². The third-order valence-electron chi connectivity index (χ3n) is 3.91. The number of aromatic nitrogens is 1. The van der Waals surface area contributed by atoms with E-state index in [1.165, 1.54) is 37.9 Å². The molecule has 1 aliphatic rings. The first-order chi connectivity index (χ1) is 10.1. The van der Waals surface area contributed by atoms with Crippen molar-refractivity contribution in [2.45, 2.75) is 38.6 Å². The Kier molecular flexibility index (Phi) is 5.32. The molecule has 1 aliphatic heterocycles. The molecule has 0 aliphatic carbocycles. The van der Waals surface area contributed by atoms with E-state index in [2.05, 4.69) is 22.1 Å². The van der Waals surface area contributed by atoms with Gasteiger partial charge in [0.15, 0.2) is 0 Å². The Morgan fingerprint density at radius 3 is 3.05 bits per heavy atom. The van der Waals surface area contributed by atoms with E-state index >= 15 is 0 Å². The summed E-state index contributed by atoms with van der Waals surface area (Å²) in [6.45, 7) is 5.22. The van der Waals surface area contributed by atoms with E-state index in [0.29, 0.717) is 11.9 Å². The third-order valence-corrected chi connectivity index (χ3v) is 3.91. The highest BCUT2D eigenvalue weighted by Gasteiger charge is 2.17. The van der Waals surface area contributed by atoms with Crippen LogP contribution in [-0.2, 0) is 0 Å². The van der Waals surface area contributed by atoms with Gasteiger partial charge in [-0.05, 0) is 32.7 Å². The Bertz CT molecular complexity index is 494. The Morgan fingerprint density at radius 2 is 2.33 bits per heavy atom. The lowest BCUT2D eigenvalue weighted by Gasteiger charge is -2.33. The molecule has 0 saturated carbocycles. The van der Waals surface area contributed by atoms with Crippen LogP contribution in [0.4, 0.5) is 17.3 Å². The fourth-order valence-electron chi connectivity index (χ4n) is 2.72. The molecule has 1 aromatic rings. The van der Waals surface area contributed by atoms with Crippen LogP contribution in [0.25, 0.3) is 0 Å². The van der Waals surface area contributed by atoms with Gasteiger partial charge < -0.3 is 16.0 Å². The molecule has 21 heavy (non-hydrogen) atoms. The van der Waals surface area contributed by atoms with Crippen LogP contribution in [0.2, 0.25) is 0 Å². The molecule has 1 atom stereocenters. The normalized spacial score (nSPS) is 19.4. The van der Waals surface area contributed by atoms with Crippen molar-refractivity contribution >= 4 is 17.3 Å². The molecule has 2 rings (SSSR count). The topological polar surface area (TPSA) is 97.3 Å². The van der Waals surface area contributed by atoms with Crippen molar-refractivity contribution in [3.05, 3.63) is 22.2 Å². The maximum Gasteiger partial charge on any atom is 0.276 e. The van der Waals surface area contributed by atoms with Gasteiger partial charge in [0.25, 0.3) is 5.69 Å². The second-order valence-electron chi connectivity index (χ2n) is 5.55. The van der Waals surface area contributed by atoms with Gasteiger partial charge in [0.1, 0.15) is 11.6 Å². The summed E-state index contributed by atoms with van der Waals surface area (Å²) in [5.41, 5.74) is 5.54. The zero-order chi connectivity index (χ0) is 15.2. The highest BCUT2D eigenvalue weighted by atomic mass is 16.6. The van der Waals surface area contributed by atoms with E-state index in [1.807, 2.05) is 0 Å². The number of hydrogen-bond donors (Lipinski definition) is 2. The summed E-state index contributed by atoms with van der Waals surface area (Å²) in [7, 11) is 0. The molecule has 1 fully saturated rings. The van der Waals surface area contributed by atoms with Crippen molar-refractivity contribution in [3.63, 3.8) is 0 Å². The largest absolute Gasteiger partial charge is 0.383 e. The summed E-state index contributed by atoms with van der Waals surface area (Å²) in [6, 6.07) is 3.34. The van der Waals surface area contributed by atoms with E-state index in [9.17, 15) is 10.1 Å². The number of pyridine rings is 1. The standard InChI is InChI=1S/C14H23N5O2/c1-11-5-2-3-7-18(11)8-4-6-16-14-10-12(19(20)21)9-13(15)17-14/h9-11H,2-8H2,1H3,(H3,15,16,17). The van der Waals surface area contributed by atoms with Crippen molar-refractivity contribution < 1.29 is 4.92 Å². The molecule has 0 bridgehead atoms. The molecular weight excluding hydrogens is 270 g/mol.